The van der Waals surface area contributed by atoms with E-state index < -0.39 is 0 Å². The van der Waals surface area contributed by atoms with Crippen LogP contribution in [0.15, 0.2) is 11.8 Å². The minimum atomic E-state index is 0.184. The van der Waals surface area contributed by atoms with Crippen molar-refractivity contribution in [1.82, 2.24) is 5.32 Å². The molecule has 0 aliphatic carbocycles. The fourth-order valence-corrected chi connectivity index (χ4v) is 0.876. The number of carbonyl (C=O) groups excluding carboxylic acids is 1. The fraction of sp³-hybridized carbons (Fsp3) is 0.700. The Hall–Kier alpha value is -0.790. The number of hydrogen-bond acceptors (Lipinski definition) is 2. The van der Waals surface area contributed by atoms with E-state index in [9.17, 15) is 4.79 Å². The number of ketones is 1. The molecular weight excluding hydrogens is 150 g/mol. The maximum atomic E-state index is 11.0. The van der Waals surface area contributed by atoms with Crippen molar-refractivity contribution in [2.24, 2.45) is 0 Å². The van der Waals surface area contributed by atoms with Crippen molar-refractivity contribution < 1.29 is 4.79 Å². The molecule has 1 unspecified atom stereocenters. The Morgan fingerprint density at radius 1 is 1.50 bits per heavy atom. The van der Waals surface area contributed by atoms with Gasteiger partial charge in [0.1, 0.15) is 0 Å². The summed E-state index contributed by atoms with van der Waals surface area (Å²) in [5, 5.41) is 3.24. The van der Waals surface area contributed by atoms with Crippen LogP contribution in [0.2, 0.25) is 0 Å². The monoisotopic (exact) mass is 169 g/mol. The highest BCUT2D eigenvalue weighted by atomic mass is 16.1. The fourth-order valence-electron chi connectivity index (χ4n) is 0.876. The van der Waals surface area contributed by atoms with E-state index in [1.165, 1.54) is 0 Å². The lowest BCUT2D eigenvalue weighted by Gasteiger charge is -2.12. The number of hydrogen-bond donors (Lipinski definition) is 1. The summed E-state index contributed by atoms with van der Waals surface area (Å²) in [5.41, 5.74) is 0.969. The molecule has 0 aromatic heterocycles. The Balaban J connectivity index is 3.93. The molecule has 0 radical (unpaired) electrons. The first-order chi connectivity index (χ1) is 5.60. The van der Waals surface area contributed by atoms with E-state index >= 15 is 0 Å². The van der Waals surface area contributed by atoms with Crippen LogP contribution < -0.4 is 5.32 Å². The second-order valence-corrected chi connectivity index (χ2v) is 3.10. The zero-order chi connectivity index (χ0) is 9.56. The Morgan fingerprint density at radius 3 is 2.50 bits per heavy atom. The molecule has 0 fully saturated rings. The number of allylic oxidation sites excluding steroid dienone is 2. The van der Waals surface area contributed by atoms with Gasteiger partial charge in [-0.15, -0.1) is 0 Å². The summed E-state index contributed by atoms with van der Waals surface area (Å²) in [6, 6.07) is 0.450. The lowest BCUT2D eigenvalue weighted by atomic mass is 10.2. The van der Waals surface area contributed by atoms with Crippen LogP contribution in [0.25, 0.3) is 0 Å². The van der Waals surface area contributed by atoms with Crippen LogP contribution in [0.5, 0.6) is 0 Å². The molecule has 2 nitrogen and oxygen atoms in total. The van der Waals surface area contributed by atoms with Gasteiger partial charge in [0.05, 0.1) is 0 Å². The lowest BCUT2D eigenvalue weighted by molar-refractivity contribution is -0.114. The van der Waals surface area contributed by atoms with Crippen molar-refractivity contribution in [2.45, 2.75) is 46.6 Å². The molecule has 0 aromatic rings. The second kappa shape index (κ2) is 5.81. The molecule has 2 heteroatoms. The summed E-state index contributed by atoms with van der Waals surface area (Å²) < 4.78 is 0. The molecule has 1 atom stereocenters. The average molecular weight is 169 g/mol. The van der Waals surface area contributed by atoms with Gasteiger partial charge in [-0.3, -0.25) is 4.79 Å². The standard InChI is InChI=1S/C10H19NO/c1-5-8(3)11-9(4)7-10(12)6-2/h7-8,11H,5-6H2,1-4H3/b9-7-. The predicted molar refractivity (Wildman–Crippen MR) is 51.9 cm³/mol. The van der Waals surface area contributed by atoms with E-state index in [4.69, 9.17) is 0 Å². The Morgan fingerprint density at radius 2 is 2.08 bits per heavy atom. The molecule has 12 heavy (non-hydrogen) atoms. The number of nitrogens with one attached hydrogen (secondary N) is 1. The van der Waals surface area contributed by atoms with E-state index in [1.54, 1.807) is 6.08 Å². The highest BCUT2D eigenvalue weighted by Crippen LogP contribution is 1.96. The maximum absolute atomic E-state index is 11.0. The van der Waals surface area contributed by atoms with Gasteiger partial charge in [0.15, 0.2) is 5.78 Å². The Labute approximate surface area is 75.0 Å². The van der Waals surface area contributed by atoms with Crippen LogP contribution in [-0.4, -0.2) is 11.8 Å². The van der Waals surface area contributed by atoms with Crippen molar-refractivity contribution in [3.05, 3.63) is 11.8 Å². The zero-order valence-electron chi connectivity index (χ0n) is 8.48. The first-order valence-corrected chi connectivity index (χ1v) is 4.57. The zero-order valence-corrected chi connectivity index (χ0v) is 8.48. The molecule has 0 spiro atoms. The minimum absolute atomic E-state index is 0.184. The molecule has 0 aromatic carbocycles. The SMILES string of the molecule is CCC(=O)/C=C(/C)NC(C)CC. The quantitative estimate of drug-likeness (QED) is 0.640. The van der Waals surface area contributed by atoms with Gasteiger partial charge in [-0.2, -0.15) is 0 Å². The number of carbonyl (C=O) groups is 1. The molecule has 0 aliphatic heterocycles. The molecule has 0 aliphatic rings. The van der Waals surface area contributed by atoms with Crippen LogP contribution in [0, 0.1) is 0 Å². The predicted octanol–water partition coefficient (Wildman–Crippen LogP) is 2.26. The smallest absolute Gasteiger partial charge is 0.157 e. The summed E-state index contributed by atoms with van der Waals surface area (Å²) in [7, 11) is 0. The van der Waals surface area contributed by atoms with Crippen LogP contribution in [0.3, 0.4) is 0 Å². The largest absolute Gasteiger partial charge is 0.386 e. The van der Waals surface area contributed by atoms with Crippen LogP contribution in [0.4, 0.5) is 0 Å². The van der Waals surface area contributed by atoms with Crippen LogP contribution in [-0.2, 0) is 4.79 Å². The normalized spacial score (nSPS) is 14.2. The summed E-state index contributed by atoms with van der Waals surface area (Å²) >= 11 is 0. The van der Waals surface area contributed by atoms with Gasteiger partial charge in [-0.05, 0) is 26.3 Å². The Bertz CT molecular complexity index is 173. The first kappa shape index (κ1) is 11.2. The minimum Gasteiger partial charge on any atom is -0.386 e. The first-order valence-electron chi connectivity index (χ1n) is 4.57. The van der Waals surface area contributed by atoms with Crippen molar-refractivity contribution >= 4 is 5.78 Å². The molecule has 0 saturated carbocycles. The molecule has 0 rings (SSSR count). The second-order valence-electron chi connectivity index (χ2n) is 3.10. The van der Waals surface area contributed by atoms with Gasteiger partial charge in [0.25, 0.3) is 0 Å². The third kappa shape index (κ3) is 4.94. The highest BCUT2D eigenvalue weighted by molar-refractivity contribution is 5.89. The van der Waals surface area contributed by atoms with Gasteiger partial charge in [-0.1, -0.05) is 13.8 Å². The molecule has 0 bridgehead atoms. The molecule has 0 saturated heterocycles. The third-order valence-corrected chi connectivity index (χ3v) is 1.81. The van der Waals surface area contributed by atoms with E-state index in [0.29, 0.717) is 12.5 Å². The maximum Gasteiger partial charge on any atom is 0.157 e. The summed E-state index contributed by atoms with van der Waals surface area (Å²) in [5.74, 6) is 0.184. The van der Waals surface area contributed by atoms with Crippen molar-refractivity contribution in [1.29, 1.82) is 0 Å². The summed E-state index contributed by atoms with van der Waals surface area (Å²) in [4.78, 5) is 11.0. The molecule has 70 valence electrons. The average Bonchev–Trinajstić information content (AvgIpc) is 2.03. The molecule has 0 amide bonds. The van der Waals surface area contributed by atoms with Gasteiger partial charge in [0.2, 0.25) is 0 Å². The van der Waals surface area contributed by atoms with Gasteiger partial charge in [0, 0.05) is 18.2 Å². The van der Waals surface area contributed by atoms with Gasteiger partial charge < -0.3 is 5.32 Å². The van der Waals surface area contributed by atoms with E-state index in [1.807, 2.05) is 13.8 Å². The highest BCUT2D eigenvalue weighted by Gasteiger charge is 1.98. The van der Waals surface area contributed by atoms with Gasteiger partial charge >= 0.3 is 0 Å². The molecule has 0 heterocycles. The lowest BCUT2D eigenvalue weighted by Crippen LogP contribution is -2.23. The van der Waals surface area contributed by atoms with Gasteiger partial charge in [-0.25, -0.2) is 0 Å². The summed E-state index contributed by atoms with van der Waals surface area (Å²) in [6.45, 7) is 8.02. The van der Waals surface area contributed by atoms with Crippen LogP contribution >= 0.6 is 0 Å². The van der Waals surface area contributed by atoms with E-state index in [-0.39, 0.29) is 5.78 Å². The van der Waals surface area contributed by atoms with E-state index in [2.05, 4.69) is 19.2 Å². The van der Waals surface area contributed by atoms with Crippen molar-refractivity contribution in [3.8, 4) is 0 Å². The molecular formula is C10H19NO. The summed E-state index contributed by atoms with van der Waals surface area (Å²) in [6.07, 6.45) is 3.33. The van der Waals surface area contributed by atoms with Crippen molar-refractivity contribution in [3.63, 3.8) is 0 Å². The van der Waals surface area contributed by atoms with Crippen LogP contribution in [0.1, 0.15) is 40.5 Å². The number of rotatable bonds is 5. The molecule has 1 N–H and O–H groups in total. The van der Waals surface area contributed by atoms with E-state index in [0.717, 1.165) is 12.1 Å². The Kier molecular flexibility index (Phi) is 5.43. The topological polar surface area (TPSA) is 29.1 Å². The third-order valence-electron chi connectivity index (χ3n) is 1.81. The van der Waals surface area contributed by atoms with Crippen molar-refractivity contribution in [2.75, 3.05) is 0 Å².